The average Bonchev–Trinajstić information content (AvgIpc) is 3.14. The number of morpholine rings is 1. The van der Waals surface area contributed by atoms with Crippen LogP contribution >= 0.6 is 0 Å². The Kier molecular flexibility index (Phi) is 5.12. The van der Waals surface area contributed by atoms with Crippen molar-refractivity contribution in [3.63, 3.8) is 0 Å². The lowest BCUT2D eigenvalue weighted by atomic mass is 9.93. The number of nitrogens with zero attached hydrogens (tertiary/aromatic N) is 2. The van der Waals surface area contributed by atoms with Crippen molar-refractivity contribution in [3.8, 4) is 6.07 Å². The number of aryl methyl sites for hydroxylation is 2. The van der Waals surface area contributed by atoms with E-state index in [1.54, 1.807) is 0 Å². The number of aromatic amines is 1. The van der Waals surface area contributed by atoms with Crippen molar-refractivity contribution in [2.45, 2.75) is 27.2 Å². The van der Waals surface area contributed by atoms with Crippen LogP contribution in [0.25, 0.3) is 10.9 Å². The molecule has 5 heteroatoms. The van der Waals surface area contributed by atoms with Crippen LogP contribution in [0.3, 0.4) is 0 Å². The van der Waals surface area contributed by atoms with Gasteiger partial charge < -0.3 is 14.6 Å². The van der Waals surface area contributed by atoms with Gasteiger partial charge in [-0.05, 0) is 67.3 Å². The average molecular weight is 387 g/mol. The zero-order valence-electron chi connectivity index (χ0n) is 17.1. The van der Waals surface area contributed by atoms with Crippen molar-refractivity contribution in [1.82, 2.24) is 9.88 Å². The molecule has 2 aromatic carbocycles. The Morgan fingerprint density at radius 1 is 1.14 bits per heavy atom. The molecule has 1 fully saturated rings. The molecule has 0 bridgehead atoms. The van der Waals surface area contributed by atoms with Gasteiger partial charge in [-0.25, -0.2) is 0 Å². The van der Waals surface area contributed by atoms with Gasteiger partial charge >= 0.3 is 0 Å². The van der Waals surface area contributed by atoms with Crippen LogP contribution in [-0.4, -0.2) is 42.1 Å². The first-order valence-electron chi connectivity index (χ1n) is 9.96. The Labute approximate surface area is 170 Å². The molecule has 1 saturated heterocycles. The van der Waals surface area contributed by atoms with E-state index in [0.29, 0.717) is 31.9 Å². The van der Waals surface area contributed by atoms with Crippen LogP contribution < -0.4 is 0 Å². The highest BCUT2D eigenvalue weighted by Crippen LogP contribution is 2.26. The summed E-state index contributed by atoms with van der Waals surface area (Å²) in [7, 11) is 0. The number of amides is 1. The van der Waals surface area contributed by atoms with E-state index in [4.69, 9.17) is 4.74 Å². The number of hydrogen-bond acceptors (Lipinski definition) is 3. The minimum atomic E-state index is 0.0817. The van der Waals surface area contributed by atoms with Crippen molar-refractivity contribution >= 4 is 16.8 Å². The second kappa shape index (κ2) is 7.73. The van der Waals surface area contributed by atoms with Crippen LogP contribution in [0.15, 0.2) is 30.3 Å². The molecule has 0 aliphatic carbocycles. The third-order valence-electron chi connectivity index (χ3n) is 5.86. The molecule has 1 N–H and O–H groups in total. The summed E-state index contributed by atoms with van der Waals surface area (Å²) in [5, 5.41) is 10.4. The SMILES string of the molecule is Cc1ccc(C(=O)N2CCOCC2)c(C)c1Cc1cc2c(C)cc(C#N)cc2[nH]1. The number of carbonyl (C=O) groups excluding carboxylic acids is 1. The first-order valence-corrected chi connectivity index (χ1v) is 9.96. The lowest BCUT2D eigenvalue weighted by molar-refractivity contribution is 0.0302. The molecule has 0 atom stereocenters. The van der Waals surface area contributed by atoms with Gasteiger partial charge in [0.25, 0.3) is 5.91 Å². The third kappa shape index (κ3) is 3.64. The zero-order valence-corrected chi connectivity index (χ0v) is 17.1. The molecule has 148 valence electrons. The molecule has 0 saturated carbocycles. The number of aromatic nitrogens is 1. The predicted octanol–water partition coefficient (Wildman–Crippen LogP) is 4.03. The van der Waals surface area contributed by atoms with Crippen molar-refractivity contribution in [1.29, 1.82) is 5.26 Å². The number of nitriles is 1. The molecule has 1 aromatic heterocycles. The largest absolute Gasteiger partial charge is 0.378 e. The maximum atomic E-state index is 13.0. The lowest BCUT2D eigenvalue weighted by Gasteiger charge is -2.28. The number of carbonyl (C=O) groups is 1. The number of H-pyrrole nitrogens is 1. The summed E-state index contributed by atoms with van der Waals surface area (Å²) in [6.45, 7) is 8.64. The summed E-state index contributed by atoms with van der Waals surface area (Å²) >= 11 is 0. The molecule has 29 heavy (non-hydrogen) atoms. The number of nitrogens with one attached hydrogen (secondary N) is 1. The van der Waals surface area contributed by atoms with Crippen LogP contribution in [0.2, 0.25) is 0 Å². The van der Waals surface area contributed by atoms with E-state index in [2.05, 4.69) is 24.0 Å². The monoisotopic (exact) mass is 387 g/mol. The second-order valence-corrected chi connectivity index (χ2v) is 7.78. The van der Waals surface area contributed by atoms with Gasteiger partial charge in [-0.3, -0.25) is 4.79 Å². The summed E-state index contributed by atoms with van der Waals surface area (Å²) in [4.78, 5) is 18.4. The quantitative estimate of drug-likeness (QED) is 0.738. The number of fused-ring (bicyclic) bond motifs is 1. The maximum Gasteiger partial charge on any atom is 0.254 e. The smallest absolute Gasteiger partial charge is 0.254 e. The van der Waals surface area contributed by atoms with E-state index >= 15 is 0 Å². The van der Waals surface area contributed by atoms with Gasteiger partial charge in [0.2, 0.25) is 0 Å². The Bertz CT molecular complexity index is 1130. The van der Waals surface area contributed by atoms with E-state index in [1.807, 2.05) is 43.0 Å². The van der Waals surface area contributed by atoms with Crippen molar-refractivity contribution in [2.24, 2.45) is 0 Å². The fourth-order valence-corrected chi connectivity index (χ4v) is 4.16. The van der Waals surface area contributed by atoms with E-state index in [1.165, 1.54) is 11.1 Å². The van der Waals surface area contributed by atoms with Crippen molar-refractivity contribution in [2.75, 3.05) is 26.3 Å². The topological polar surface area (TPSA) is 69.1 Å². The summed E-state index contributed by atoms with van der Waals surface area (Å²) in [5.74, 6) is 0.0817. The highest BCUT2D eigenvalue weighted by molar-refractivity contribution is 5.96. The van der Waals surface area contributed by atoms with Gasteiger partial charge in [0.1, 0.15) is 0 Å². The van der Waals surface area contributed by atoms with E-state index < -0.39 is 0 Å². The fourth-order valence-electron chi connectivity index (χ4n) is 4.16. The third-order valence-corrected chi connectivity index (χ3v) is 5.86. The number of ether oxygens (including phenoxy) is 1. The maximum absolute atomic E-state index is 13.0. The Morgan fingerprint density at radius 2 is 1.90 bits per heavy atom. The first kappa shape index (κ1) is 19.2. The van der Waals surface area contributed by atoms with E-state index in [-0.39, 0.29) is 5.91 Å². The molecule has 2 heterocycles. The molecule has 0 unspecified atom stereocenters. The van der Waals surface area contributed by atoms with Crippen molar-refractivity contribution in [3.05, 3.63) is 69.4 Å². The standard InChI is InChI=1S/C24H25N3O2/c1-15-4-5-20(24(28)27-6-8-29-9-7-27)17(3)21(15)12-19-13-22-16(2)10-18(14-25)11-23(22)26-19/h4-5,10-11,13,26H,6-9,12H2,1-3H3. The zero-order chi connectivity index (χ0) is 20.5. The molecular weight excluding hydrogens is 362 g/mol. The van der Waals surface area contributed by atoms with Gasteiger partial charge in [0.15, 0.2) is 0 Å². The molecule has 0 spiro atoms. The molecule has 3 aromatic rings. The summed E-state index contributed by atoms with van der Waals surface area (Å²) in [6, 6.07) is 12.2. The van der Waals surface area contributed by atoms with Gasteiger partial charge in [-0.15, -0.1) is 0 Å². The molecular formula is C24H25N3O2. The molecule has 1 aliphatic rings. The Morgan fingerprint density at radius 3 is 2.62 bits per heavy atom. The van der Waals surface area contributed by atoms with Gasteiger partial charge in [-0.2, -0.15) is 5.26 Å². The highest BCUT2D eigenvalue weighted by Gasteiger charge is 2.22. The highest BCUT2D eigenvalue weighted by atomic mass is 16.5. The fraction of sp³-hybridized carbons (Fsp3) is 0.333. The molecule has 1 aliphatic heterocycles. The van der Waals surface area contributed by atoms with Crippen LogP contribution in [0.1, 0.15) is 43.9 Å². The van der Waals surface area contributed by atoms with Gasteiger partial charge in [-0.1, -0.05) is 6.07 Å². The number of rotatable bonds is 3. The summed E-state index contributed by atoms with van der Waals surface area (Å²) in [6.07, 6.45) is 0.720. The van der Waals surface area contributed by atoms with Crippen LogP contribution in [0.5, 0.6) is 0 Å². The van der Waals surface area contributed by atoms with Gasteiger partial charge in [0, 0.05) is 41.7 Å². The first-order chi connectivity index (χ1) is 14.0. The summed E-state index contributed by atoms with van der Waals surface area (Å²) < 4.78 is 5.37. The minimum absolute atomic E-state index is 0.0817. The molecule has 1 amide bonds. The minimum Gasteiger partial charge on any atom is -0.378 e. The van der Waals surface area contributed by atoms with Crippen LogP contribution in [0.4, 0.5) is 0 Å². The van der Waals surface area contributed by atoms with Gasteiger partial charge in [0.05, 0.1) is 24.8 Å². The lowest BCUT2D eigenvalue weighted by Crippen LogP contribution is -2.41. The summed E-state index contributed by atoms with van der Waals surface area (Å²) in [5.41, 5.74) is 7.97. The molecule has 4 rings (SSSR count). The van der Waals surface area contributed by atoms with Crippen molar-refractivity contribution < 1.29 is 9.53 Å². The molecule has 5 nitrogen and oxygen atoms in total. The number of benzene rings is 2. The molecule has 0 radical (unpaired) electrons. The Hall–Kier alpha value is -3.10. The second-order valence-electron chi connectivity index (χ2n) is 7.78. The Balaban J connectivity index is 1.68. The normalized spacial score (nSPS) is 14.2. The van der Waals surface area contributed by atoms with Crippen LogP contribution in [0, 0.1) is 32.1 Å². The predicted molar refractivity (Wildman–Crippen MR) is 113 cm³/mol. The number of hydrogen-bond donors (Lipinski definition) is 1. The van der Waals surface area contributed by atoms with E-state index in [0.717, 1.165) is 39.7 Å². The van der Waals surface area contributed by atoms with E-state index in [9.17, 15) is 10.1 Å². The van der Waals surface area contributed by atoms with Crippen LogP contribution in [-0.2, 0) is 11.2 Å².